The smallest absolute Gasteiger partial charge is 0.222 e. The number of rotatable bonds is 3. The van der Waals surface area contributed by atoms with E-state index in [2.05, 4.69) is 26.3 Å². The van der Waals surface area contributed by atoms with Gasteiger partial charge in [0.1, 0.15) is 5.52 Å². The van der Waals surface area contributed by atoms with Crippen LogP contribution in [0.1, 0.15) is 56.4 Å². The van der Waals surface area contributed by atoms with Gasteiger partial charge in [0.25, 0.3) is 0 Å². The van der Waals surface area contributed by atoms with Crippen molar-refractivity contribution in [1.82, 2.24) is 15.0 Å². The Labute approximate surface area is 124 Å². The molecule has 0 radical (unpaired) electrons. The van der Waals surface area contributed by atoms with Crippen LogP contribution in [0.5, 0.6) is 0 Å². The third-order valence-electron chi connectivity index (χ3n) is 4.85. The van der Waals surface area contributed by atoms with Gasteiger partial charge < -0.3 is 11.1 Å². The standard InChI is InChI=1S/C16H21N5/c17-16-20-13-8-11(10-4-1-2-5-10)9-18-14(13)15(21-16)19-12-6-3-7-12/h8-10,12H,1-7H2,(H3,17,19,20,21). The number of nitrogens with zero attached hydrogens (tertiary/aromatic N) is 3. The van der Waals surface area contributed by atoms with Gasteiger partial charge in [-0.2, -0.15) is 4.98 Å². The topological polar surface area (TPSA) is 76.7 Å². The largest absolute Gasteiger partial charge is 0.368 e. The van der Waals surface area contributed by atoms with Crippen LogP contribution in [0.25, 0.3) is 11.0 Å². The summed E-state index contributed by atoms with van der Waals surface area (Å²) >= 11 is 0. The minimum atomic E-state index is 0.328. The van der Waals surface area contributed by atoms with Crippen molar-refractivity contribution in [2.45, 2.75) is 56.9 Å². The Bertz CT molecular complexity index is 659. The Balaban J connectivity index is 1.72. The molecule has 0 aromatic carbocycles. The van der Waals surface area contributed by atoms with Crippen LogP contribution in [0.3, 0.4) is 0 Å². The molecule has 0 saturated heterocycles. The number of aromatic nitrogens is 3. The Hall–Kier alpha value is -1.91. The number of nitrogen functional groups attached to an aromatic ring is 1. The van der Waals surface area contributed by atoms with Gasteiger partial charge in [0.05, 0.1) is 5.52 Å². The van der Waals surface area contributed by atoms with Gasteiger partial charge in [0.2, 0.25) is 5.95 Å². The van der Waals surface area contributed by atoms with Crippen molar-refractivity contribution >= 4 is 22.8 Å². The van der Waals surface area contributed by atoms with E-state index in [1.807, 2.05) is 6.20 Å². The van der Waals surface area contributed by atoms with E-state index in [0.29, 0.717) is 17.9 Å². The molecule has 2 aliphatic carbocycles. The highest BCUT2D eigenvalue weighted by atomic mass is 15.1. The minimum Gasteiger partial charge on any atom is -0.368 e. The first-order valence-corrected chi connectivity index (χ1v) is 7.99. The molecule has 2 saturated carbocycles. The van der Waals surface area contributed by atoms with Gasteiger partial charge in [-0.25, -0.2) is 4.98 Å². The highest BCUT2D eigenvalue weighted by Gasteiger charge is 2.21. The number of nitrogens with one attached hydrogen (secondary N) is 1. The third-order valence-corrected chi connectivity index (χ3v) is 4.85. The molecule has 5 nitrogen and oxygen atoms in total. The number of pyridine rings is 1. The van der Waals surface area contributed by atoms with Crippen molar-refractivity contribution in [2.75, 3.05) is 11.1 Å². The highest BCUT2D eigenvalue weighted by molar-refractivity contribution is 5.86. The number of anilines is 2. The molecular formula is C16H21N5. The minimum absolute atomic E-state index is 0.328. The second kappa shape index (κ2) is 5.13. The molecule has 2 heterocycles. The average molecular weight is 283 g/mol. The summed E-state index contributed by atoms with van der Waals surface area (Å²) in [5, 5.41) is 3.46. The summed E-state index contributed by atoms with van der Waals surface area (Å²) in [5.74, 6) is 1.76. The zero-order valence-corrected chi connectivity index (χ0v) is 12.2. The molecule has 2 aromatic heterocycles. The van der Waals surface area contributed by atoms with E-state index in [0.717, 1.165) is 16.9 Å². The van der Waals surface area contributed by atoms with Crippen molar-refractivity contribution < 1.29 is 0 Å². The molecule has 2 fully saturated rings. The van der Waals surface area contributed by atoms with Crippen molar-refractivity contribution in [1.29, 1.82) is 0 Å². The second-order valence-electron chi connectivity index (χ2n) is 6.32. The monoisotopic (exact) mass is 283 g/mol. The van der Waals surface area contributed by atoms with Gasteiger partial charge in [-0.3, -0.25) is 4.98 Å². The predicted molar refractivity (Wildman–Crippen MR) is 84.2 cm³/mol. The van der Waals surface area contributed by atoms with E-state index >= 15 is 0 Å². The van der Waals surface area contributed by atoms with E-state index in [1.54, 1.807) is 0 Å². The molecule has 0 spiro atoms. The summed E-state index contributed by atoms with van der Waals surface area (Å²) in [6.07, 6.45) is 10.9. The quantitative estimate of drug-likeness (QED) is 0.904. The summed E-state index contributed by atoms with van der Waals surface area (Å²) in [4.78, 5) is 13.4. The Morgan fingerprint density at radius 2 is 1.86 bits per heavy atom. The molecule has 3 N–H and O–H groups in total. The summed E-state index contributed by atoms with van der Waals surface area (Å²) in [7, 11) is 0. The van der Waals surface area contributed by atoms with Gasteiger partial charge in [-0.15, -0.1) is 0 Å². The van der Waals surface area contributed by atoms with Gasteiger partial charge in [-0.1, -0.05) is 12.8 Å². The lowest BCUT2D eigenvalue weighted by Gasteiger charge is -2.27. The maximum atomic E-state index is 5.87. The van der Waals surface area contributed by atoms with E-state index in [9.17, 15) is 0 Å². The summed E-state index contributed by atoms with van der Waals surface area (Å²) in [6, 6.07) is 2.67. The molecule has 0 atom stereocenters. The fourth-order valence-corrected chi connectivity index (χ4v) is 3.38. The Morgan fingerprint density at radius 1 is 1.05 bits per heavy atom. The molecule has 21 heavy (non-hydrogen) atoms. The first-order chi connectivity index (χ1) is 10.3. The molecule has 110 valence electrons. The summed E-state index contributed by atoms with van der Waals surface area (Å²) in [5.41, 5.74) is 8.89. The van der Waals surface area contributed by atoms with Gasteiger partial charge in [0.15, 0.2) is 5.82 Å². The first kappa shape index (κ1) is 12.8. The number of hydrogen-bond acceptors (Lipinski definition) is 5. The maximum absolute atomic E-state index is 5.87. The van der Waals surface area contributed by atoms with Crippen molar-refractivity contribution in [3.8, 4) is 0 Å². The molecule has 5 heteroatoms. The van der Waals surface area contributed by atoms with Gasteiger partial charge in [0, 0.05) is 12.2 Å². The van der Waals surface area contributed by atoms with Crippen LogP contribution in [0.2, 0.25) is 0 Å². The molecule has 2 aromatic rings. The van der Waals surface area contributed by atoms with Gasteiger partial charge >= 0.3 is 0 Å². The number of nitrogens with two attached hydrogens (primary N) is 1. The lowest BCUT2D eigenvalue weighted by Crippen LogP contribution is -2.27. The van der Waals surface area contributed by atoms with Crippen molar-refractivity contribution in [3.05, 3.63) is 17.8 Å². The van der Waals surface area contributed by atoms with E-state index in [4.69, 9.17) is 5.73 Å². The van der Waals surface area contributed by atoms with Crippen LogP contribution < -0.4 is 11.1 Å². The van der Waals surface area contributed by atoms with Crippen molar-refractivity contribution in [2.24, 2.45) is 0 Å². The van der Waals surface area contributed by atoms with Crippen LogP contribution in [0.4, 0.5) is 11.8 Å². The first-order valence-electron chi connectivity index (χ1n) is 7.99. The van der Waals surface area contributed by atoms with E-state index in [-0.39, 0.29) is 0 Å². The molecule has 0 unspecified atom stereocenters. The normalized spacial score (nSPS) is 19.8. The third kappa shape index (κ3) is 2.41. The zero-order valence-electron chi connectivity index (χ0n) is 12.2. The van der Waals surface area contributed by atoms with E-state index in [1.165, 1.54) is 50.5 Å². The average Bonchev–Trinajstić information content (AvgIpc) is 2.96. The fourth-order valence-electron chi connectivity index (χ4n) is 3.38. The van der Waals surface area contributed by atoms with Crippen LogP contribution in [0, 0.1) is 0 Å². The Kier molecular flexibility index (Phi) is 3.13. The molecule has 4 rings (SSSR count). The number of hydrogen-bond donors (Lipinski definition) is 2. The number of fused-ring (bicyclic) bond motifs is 1. The van der Waals surface area contributed by atoms with Crippen LogP contribution >= 0.6 is 0 Å². The summed E-state index contributed by atoms with van der Waals surface area (Å²) < 4.78 is 0. The predicted octanol–water partition coefficient (Wildman–Crippen LogP) is 3.23. The van der Waals surface area contributed by atoms with E-state index < -0.39 is 0 Å². The summed E-state index contributed by atoms with van der Waals surface area (Å²) in [6.45, 7) is 0. The maximum Gasteiger partial charge on any atom is 0.222 e. The van der Waals surface area contributed by atoms with Crippen molar-refractivity contribution in [3.63, 3.8) is 0 Å². The lowest BCUT2D eigenvalue weighted by molar-refractivity contribution is 0.445. The fraction of sp³-hybridized carbons (Fsp3) is 0.562. The Morgan fingerprint density at radius 3 is 2.57 bits per heavy atom. The molecule has 0 amide bonds. The zero-order chi connectivity index (χ0) is 14.2. The SMILES string of the molecule is Nc1nc(NC2CCC2)c2ncc(C3CCCC3)cc2n1. The molecular weight excluding hydrogens is 262 g/mol. The molecule has 0 aliphatic heterocycles. The van der Waals surface area contributed by atoms with Gasteiger partial charge in [-0.05, 0) is 49.7 Å². The van der Waals surface area contributed by atoms with Crippen LogP contribution in [-0.2, 0) is 0 Å². The lowest BCUT2D eigenvalue weighted by atomic mass is 9.93. The second-order valence-corrected chi connectivity index (χ2v) is 6.32. The highest BCUT2D eigenvalue weighted by Crippen LogP contribution is 2.35. The molecule has 2 aliphatic rings. The molecule has 0 bridgehead atoms. The van der Waals surface area contributed by atoms with Crippen LogP contribution in [-0.4, -0.2) is 21.0 Å². The van der Waals surface area contributed by atoms with Crippen LogP contribution in [0.15, 0.2) is 12.3 Å².